The number of nitrogens with one attached hydrogen (secondary N) is 2. The maximum absolute atomic E-state index is 12.8. The fourth-order valence-electron chi connectivity index (χ4n) is 3.10. The Bertz CT molecular complexity index is 897. The van der Waals surface area contributed by atoms with E-state index in [1.165, 1.54) is 0 Å². The molecule has 1 atom stereocenters. The van der Waals surface area contributed by atoms with Gasteiger partial charge in [-0.05, 0) is 18.1 Å². The van der Waals surface area contributed by atoms with Gasteiger partial charge in [-0.15, -0.1) is 24.0 Å². The first kappa shape index (κ1) is 25.2. The Hall–Kier alpha value is -2.02. The highest BCUT2D eigenvalue weighted by Gasteiger charge is 2.33. The van der Waals surface area contributed by atoms with Crippen LogP contribution in [0.3, 0.4) is 0 Å². The topological polar surface area (TPSA) is 74.7 Å². The molecule has 0 aliphatic carbocycles. The molecule has 2 aromatic rings. The highest BCUT2D eigenvalue weighted by molar-refractivity contribution is 14.0. The van der Waals surface area contributed by atoms with Gasteiger partial charge in [-0.2, -0.15) is 13.2 Å². The molecule has 0 saturated carbocycles. The van der Waals surface area contributed by atoms with Crippen LogP contribution >= 0.6 is 35.6 Å². The first-order chi connectivity index (χ1) is 14.3. The lowest BCUT2D eigenvalue weighted by molar-refractivity contribution is -0.137. The van der Waals surface area contributed by atoms with Gasteiger partial charge in [0.05, 0.1) is 17.7 Å². The summed E-state index contributed by atoms with van der Waals surface area (Å²) in [4.78, 5) is 14.2. The zero-order chi connectivity index (χ0) is 21.7. The lowest BCUT2D eigenvalue weighted by Crippen LogP contribution is -2.44. The zero-order valence-corrected chi connectivity index (χ0v) is 20.0. The van der Waals surface area contributed by atoms with Crippen molar-refractivity contribution in [2.24, 2.45) is 4.99 Å². The molecule has 170 valence electrons. The van der Waals surface area contributed by atoms with Gasteiger partial charge in [0.25, 0.3) is 0 Å². The molecule has 0 amide bonds. The van der Waals surface area contributed by atoms with Gasteiger partial charge in [0.15, 0.2) is 5.96 Å². The first-order valence-electron chi connectivity index (χ1n) is 9.24. The third-order valence-corrected chi connectivity index (χ3v) is 4.95. The van der Waals surface area contributed by atoms with E-state index >= 15 is 0 Å². The van der Waals surface area contributed by atoms with E-state index in [-0.39, 0.29) is 35.0 Å². The molecule has 2 aromatic heterocycles. The number of aliphatic imine (C=N–C) groups is 1. The van der Waals surface area contributed by atoms with Gasteiger partial charge in [0.2, 0.25) is 5.88 Å². The Morgan fingerprint density at radius 1 is 1.32 bits per heavy atom. The smallest absolute Gasteiger partial charge is 0.417 e. The molecule has 3 rings (SSSR count). The summed E-state index contributed by atoms with van der Waals surface area (Å²) in [5.41, 5.74) is 0.107. The molecule has 0 radical (unpaired) electrons. The van der Waals surface area contributed by atoms with E-state index in [1.807, 2.05) is 11.0 Å². The lowest BCUT2D eigenvalue weighted by atomic mass is 10.2. The third kappa shape index (κ3) is 6.73. The predicted octanol–water partition coefficient (Wildman–Crippen LogP) is 3.72. The number of ether oxygens (including phenoxy) is 1. The molecule has 3 heterocycles. The van der Waals surface area contributed by atoms with Crippen LogP contribution in [0, 0.1) is 0 Å². The average Bonchev–Trinajstić information content (AvgIpc) is 3.19. The van der Waals surface area contributed by atoms with Gasteiger partial charge >= 0.3 is 6.18 Å². The van der Waals surface area contributed by atoms with E-state index in [4.69, 9.17) is 16.3 Å². The van der Waals surface area contributed by atoms with Crippen molar-refractivity contribution in [1.29, 1.82) is 0 Å². The van der Waals surface area contributed by atoms with E-state index in [0.29, 0.717) is 37.3 Å². The summed E-state index contributed by atoms with van der Waals surface area (Å²) in [6.45, 7) is 1.69. The number of guanidine groups is 1. The van der Waals surface area contributed by atoms with Crippen LogP contribution in [-0.4, -0.2) is 49.2 Å². The summed E-state index contributed by atoms with van der Waals surface area (Å²) >= 11 is 6.06. The SMILES string of the molecule is CN=C(NCc1ccc(OC)nc1)NC1CCN(c2ncc(C(F)(F)F)cc2Cl)C1.I. The van der Waals surface area contributed by atoms with Crippen LogP contribution in [0.2, 0.25) is 5.02 Å². The molecule has 7 nitrogen and oxygen atoms in total. The molecule has 31 heavy (non-hydrogen) atoms. The maximum Gasteiger partial charge on any atom is 0.417 e. The zero-order valence-electron chi connectivity index (χ0n) is 16.9. The van der Waals surface area contributed by atoms with Crippen LogP contribution in [0.5, 0.6) is 5.88 Å². The summed E-state index contributed by atoms with van der Waals surface area (Å²) in [6.07, 6.45) is -1.17. The number of nitrogens with zero attached hydrogens (tertiary/aromatic N) is 4. The number of aromatic nitrogens is 2. The van der Waals surface area contributed by atoms with Crippen LogP contribution in [0.25, 0.3) is 0 Å². The van der Waals surface area contributed by atoms with Gasteiger partial charge in [-0.1, -0.05) is 17.7 Å². The van der Waals surface area contributed by atoms with Crippen molar-refractivity contribution in [3.63, 3.8) is 0 Å². The third-order valence-electron chi connectivity index (χ3n) is 4.67. The van der Waals surface area contributed by atoms with E-state index in [0.717, 1.165) is 24.2 Å². The average molecular weight is 571 g/mol. The molecule has 0 spiro atoms. The van der Waals surface area contributed by atoms with E-state index in [9.17, 15) is 13.2 Å². The Morgan fingerprint density at radius 2 is 2.10 bits per heavy atom. The van der Waals surface area contributed by atoms with Crippen LogP contribution in [0.4, 0.5) is 19.0 Å². The Morgan fingerprint density at radius 3 is 2.68 bits per heavy atom. The number of anilines is 1. The maximum atomic E-state index is 12.8. The van der Waals surface area contributed by atoms with E-state index in [1.54, 1.807) is 26.4 Å². The molecule has 1 saturated heterocycles. The van der Waals surface area contributed by atoms with Gasteiger partial charge in [-0.3, -0.25) is 4.99 Å². The molecule has 0 bridgehead atoms. The number of alkyl halides is 3. The predicted molar refractivity (Wildman–Crippen MR) is 124 cm³/mol. The monoisotopic (exact) mass is 570 g/mol. The van der Waals surface area contributed by atoms with Gasteiger partial charge < -0.3 is 20.3 Å². The standard InChI is InChI=1S/C19H22ClF3N6O.HI/c1-24-18(27-9-12-3-4-16(30-2)25-8-12)28-14-5-6-29(11-14)17-15(20)7-13(10-26-17)19(21,22)23;/h3-4,7-8,10,14H,5-6,9,11H2,1-2H3,(H2,24,27,28);1H. The normalized spacial score (nSPS) is 16.6. The summed E-state index contributed by atoms with van der Waals surface area (Å²) < 4.78 is 43.4. The number of pyridine rings is 2. The summed E-state index contributed by atoms with van der Waals surface area (Å²) in [5, 5.41) is 6.51. The van der Waals surface area contributed by atoms with Gasteiger partial charge in [-0.25, -0.2) is 9.97 Å². The fraction of sp³-hybridized carbons (Fsp3) is 0.421. The molecule has 1 aliphatic rings. The van der Waals surface area contributed by atoms with Crippen molar-refractivity contribution < 1.29 is 17.9 Å². The largest absolute Gasteiger partial charge is 0.481 e. The van der Waals surface area contributed by atoms with Crippen molar-refractivity contribution in [3.05, 3.63) is 46.7 Å². The summed E-state index contributed by atoms with van der Waals surface area (Å²) in [7, 11) is 3.23. The van der Waals surface area contributed by atoms with Gasteiger partial charge in [0, 0.05) is 51.2 Å². The summed E-state index contributed by atoms with van der Waals surface area (Å²) in [5.74, 6) is 1.51. The summed E-state index contributed by atoms with van der Waals surface area (Å²) in [6, 6.07) is 4.64. The highest BCUT2D eigenvalue weighted by Crippen LogP contribution is 2.34. The minimum atomic E-state index is -4.47. The number of methoxy groups -OCH3 is 1. The first-order valence-corrected chi connectivity index (χ1v) is 9.61. The van der Waals surface area contributed by atoms with Crippen LogP contribution in [0.15, 0.2) is 35.6 Å². The van der Waals surface area contributed by atoms with Crippen molar-refractivity contribution in [2.75, 3.05) is 32.1 Å². The quantitative estimate of drug-likeness (QED) is 0.324. The minimum absolute atomic E-state index is 0. The number of hydrogen-bond acceptors (Lipinski definition) is 5. The van der Waals surface area contributed by atoms with E-state index < -0.39 is 11.7 Å². The van der Waals surface area contributed by atoms with Crippen molar-refractivity contribution in [2.45, 2.75) is 25.2 Å². The Kier molecular flexibility index (Phi) is 8.98. The van der Waals surface area contributed by atoms with Crippen LogP contribution in [-0.2, 0) is 12.7 Å². The molecular formula is C19H23ClF3IN6O. The number of rotatable bonds is 5. The molecule has 0 aromatic carbocycles. The fourth-order valence-corrected chi connectivity index (χ4v) is 3.38. The van der Waals surface area contributed by atoms with Crippen LogP contribution < -0.4 is 20.3 Å². The number of hydrogen-bond donors (Lipinski definition) is 2. The lowest BCUT2D eigenvalue weighted by Gasteiger charge is -2.21. The Labute approximate surface area is 200 Å². The van der Waals surface area contributed by atoms with Crippen molar-refractivity contribution in [1.82, 2.24) is 20.6 Å². The van der Waals surface area contributed by atoms with Gasteiger partial charge in [0.1, 0.15) is 5.82 Å². The van der Waals surface area contributed by atoms with Crippen molar-refractivity contribution in [3.8, 4) is 5.88 Å². The number of halogens is 5. The Balaban J connectivity index is 0.00000341. The minimum Gasteiger partial charge on any atom is -0.481 e. The highest BCUT2D eigenvalue weighted by atomic mass is 127. The van der Waals surface area contributed by atoms with Crippen molar-refractivity contribution >= 4 is 47.4 Å². The molecule has 12 heteroatoms. The molecule has 2 N–H and O–H groups in total. The second kappa shape index (κ2) is 11.0. The van der Waals surface area contributed by atoms with E-state index in [2.05, 4.69) is 25.6 Å². The second-order valence-electron chi connectivity index (χ2n) is 6.74. The second-order valence-corrected chi connectivity index (χ2v) is 7.14. The molecule has 1 unspecified atom stereocenters. The van der Waals surface area contributed by atoms with Crippen LogP contribution in [0.1, 0.15) is 17.5 Å². The molecular weight excluding hydrogens is 548 g/mol. The molecule has 1 aliphatic heterocycles. The molecule has 1 fully saturated rings.